The first-order chi connectivity index (χ1) is 39.7. The lowest BCUT2D eigenvalue weighted by Gasteiger charge is -2.40. The van der Waals surface area contributed by atoms with Gasteiger partial charge in [0, 0.05) is 50.6 Å². The maximum Gasteiger partial charge on any atom is 0.166 e. The van der Waals surface area contributed by atoms with Gasteiger partial charge in [-0.25, -0.2) is 39.9 Å². The lowest BCUT2D eigenvalue weighted by molar-refractivity contribution is 1.06. The summed E-state index contributed by atoms with van der Waals surface area (Å²) >= 11 is 0. The molecule has 1 aliphatic heterocycles. The van der Waals surface area contributed by atoms with Gasteiger partial charge in [-0.3, -0.25) is 4.90 Å². The van der Waals surface area contributed by atoms with E-state index in [1.807, 2.05) is 164 Å². The van der Waals surface area contributed by atoms with Crippen molar-refractivity contribution in [3.05, 3.63) is 279 Å². The molecule has 10 heteroatoms. The van der Waals surface area contributed by atoms with Crippen molar-refractivity contribution in [3.8, 4) is 102 Å². The van der Waals surface area contributed by atoms with Gasteiger partial charge >= 0.3 is 0 Å². The molecule has 0 atom stereocenters. The van der Waals surface area contributed by atoms with Gasteiger partial charge in [0.15, 0.2) is 40.8 Å². The third kappa shape index (κ3) is 8.98. The average Bonchev–Trinajstić information content (AvgIpc) is 3.74. The van der Waals surface area contributed by atoms with Crippen molar-refractivity contribution >= 4 is 34.3 Å². The third-order valence-corrected chi connectivity index (χ3v) is 14.1. The first kappa shape index (κ1) is 47.4. The zero-order valence-corrected chi connectivity index (χ0v) is 43.0. The van der Waals surface area contributed by atoms with Crippen molar-refractivity contribution in [1.29, 1.82) is 0 Å². The standard InChI is InChI=1S/C70H46N10/c1-8-26-47(27-9-1)55-46-61(72-64(71-55)49-30-12-3-13-31-49)80-58-42-24-22-40-56(58)79(57-41-23-25-43-59(57)80)60-45-44-54(69-75-65(50-32-14-4-15-33-50)73-66(76-69)51-34-16-5-17-35-51)62(48-28-10-2-11-29-48)63(60)70-77-67(52-36-18-6-19-37-52)74-68(78-70)53-38-20-7-21-39-53/h1-46H. The first-order valence-corrected chi connectivity index (χ1v) is 26.4. The third-order valence-electron chi connectivity index (χ3n) is 14.1. The molecule has 0 fully saturated rings. The lowest BCUT2D eigenvalue weighted by atomic mass is 9.90. The van der Waals surface area contributed by atoms with Crippen molar-refractivity contribution < 1.29 is 0 Å². The molecular weight excluding hydrogens is 981 g/mol. The molecule has 0 bridgehead atoms. The predicted molar refractivity (Wildman–Crippen MR) is 321 cm³/mol. The molecule has 13 aromatic rings. The quantitative estimate of drug-likeness (QED) is 0.124. The second-order valence-electron chi connectivity index (χ2n) is 19.1. The van der Waals surface area contributed by atoms with Crippen LogP contribution in [-0.4, -0.2) is 39.9 Å². The monoisotopic (exact) mass is 1030 g/mol. The van der Waals surface area contributed by atoms with E-state index in [0.29, 0.717) is 46.6 Å². The highest BCUT2D eigenvalue weighted by Gasteiger charge is 2.35. The van der Waals surface area contributed by atoms with E-state index in [1.54, 1.807) is 0 Å². The Bertz CT molecular complexity index is 4120. The fraction of sp³-hybridized carbons (Fsp3) is 0. The second-order valence-corrected chi connectivity index (χ2v) is 19.1. The maximum absolute atomic E-state index is 5.53. The molecule has 0 N–H and O–H groups in total. The Kier molecular flexibility index (Phi) is 12.3. The van der Waals surface area contributed by atoms with Crippen LogP contribution < -0.4 is 9.80 Å². The fourth-order valence-electron chi connectivity index (χ4n) is 10.4. The Balaban J connectivity index is 1.07. The molecule has 3 aromatic heterocycles. The molecule has 10 nitrogen and oxygen atoms in total. The molecule has 376 valence electrons. The van der Waals surface area contributed by atoms with Crippen LogP contribution in [0.5, 0.6) is 0 Å². The zero-order chi connectivity index (χ0) is 53.2. The first-order valence-electron chi connectivity index (χ1n) is 26.4. The SMILES string of the molecule is c1ccc(-c2cc(N3c4ccccc4N(c4ccc(-c5nc(-c6ccccc6)nc(-c6ccccc6)n5)c(-c5ccccc5)c4-c4nc(-c5ccccc5)nc(-c5ccccc5)n4)c4ccccc43)nc(-c3ccccc3)n2)cc1. The van der Waals surface area contributed by atoms with Crippen molar-refractivity contribution in [1.82, 2.24) is 39.9 Å². The molecule has 0 unspecified atom stereocenters. The second kappa shape index (κ2) is 20.8. The van der Waals surface area contributed by atoms with E-state index in [9.17, 15) is 0 Å². The number of hydrogen-bond acceptors (Lipinski definition) is 10. The summed E-state index contributed by atoms with van der Waals surface area (Å²) in [6, 6.07) is 94.5. The van der Waals surface area contributed by atoms with Crippen LogP contribution >= 0.6 is 0 Å². The highest BCUT2D eigenvalue weighted by atomic mass is 15.3. The number of para-hydroxylation sites is 4. The molecule has 0 saturated carbocycles. The van der Waals surface area contributed by atoms with E-state index in [1.165, 1.54) is 0 Å². The van der Waals surface area contributed by atoms with Gasteiger partial charge in [0.05, 0.1) is 39.7 Å². The molecular formula is C70H46N10. The number of nitrogens with zero attached hydrogens (tertiary/aromatic N) is 10. The van der Waals surface area contributed by atoms with Gasteiger partial charge in [0.2, 0.25) is 0 Å². The van der Waals surface area contributed by atoms with Crippen LogP contribution in [0.15, 0.2) is 279 Å². The highest BCUT2D eigenvalue weighted by molar-refractivity contribution is 6.07. The van der Waals surface area contributed by atoms with Crippen LogP contribution in [0.1, 0.15) is 0 Å². The molecule has 0 saturated heterocycles. The van der Waals surface area contributed by atoms with Crippen molar-refractivity contribution in [2.75, 3.05) is 9.80 Å². The van der Waals surface area contributed by atoms with Gasteiger partial charge in [0.1, 0.15) is 5.82 Å². The Hall–Kier alpha value is -11.1. The molecule has 1 aliphatic rings. The van der Waals surface area contributed by atoms with Crippen LogP contribution in [-0.2, 0) is 0 Å². The Morgan fingerprint density at radius 3 is 0.912 bits per heavy atom. The van der Waals surface area contributed by atoms with Crippen LogP contribution in [0.2, 0.25) is 0 Å². The number of benzene rings is 10. The summed E-state index contributed by atoms with van der Waals surface area (Å²) in [5.74, 6) is 4.44. The van der Waals surface area contributed by atoms with Gasteiger partial charge in [-0.2, -0.15) is 0 Å². The van der Waals surface area contributed by atoms with Crippen molar-refractivity contribution in [2.45, 2.75) is 0 Å². The summed E-state index contributed by atoms with van der Waals surface area (Å²) < 4.78 is 0. The van der Waals surface area contributed by atoms with E-state index in [0.717, 1.165) is 89.8 Å². The molecule has 0 aliphatic carbocycles. The zero-order valence-electron chi connectivity index (χ0n) is 43.0. The van der Waals surface area contributed by atoms with E-state index >= 15 is 0 Å². The topological polar surface area (TPSA) is 110 Å². The summed E-state index contributed by atoms with van der Waals surface area (Å²) in [6.45, 7) is 0. The number of fused-ring (bicyclic) bond motifs is 2. The van der Waals surface area contributed by atoms with Gasteiger partial charge in [-0.1, -0.05) is 237 Å². The van der Waals surface area contributed by atoms with E-state index in [-0.39, 0.29) is 0 Å². The van der Waals surface area contributed by atoms with Crippen molar-refractivity contribution in [3.63, 3.8) is 0 Å². The molecule has 14 rings (SSSR count). The highest BCUT2D eigenvalue weighted by Crippen LogP contribution is 2.57. The van der Waals surface area contributed by atoms with Crippen LogP contribution in [0, 0.1) is 0 Å². The van der Waals surface area contributed by atoms with Crippen LogP contribution in [0.25, 0.3) is 102 Å². The Morgan fingerprint density at radius 1 is 0.200 bits per heavy atom. The summed E-state index contributed by atoms with van der Waals surface area (Å²) in [6.07, 6.45) is 0. The van der Waals surface area contributed by atoms with Gasteiger partial charge < -0.3 is 4.90 Å². The molecule has 4 heterocycles. The summed E-state index contributed by atoms with van der Waals surface area (Å²) in [5.41, 5.74) is 13.8. The van der Waals surface area contributed by atoms with Crippen LogP contribution in [0.4, 0.5) is 34.3 Å². The van der Waals surface area contributed by atoms with Gasteiger partial charge in [0.25, 0.3) is 0 Å². The number of aromatic nitrogens is 8. The minimum Gasteiger partial charge on any atom is -0.306 e. The summed E-state index contributed by atoms with van der Waals surface area (Å²) in [5, 5.41) is 0. The largest absolute Gasteiger partial charge is 0.306 e. The van der Waals surface area contributed by atoms with Gasteiger partial charge in [-0.15, -0.1) is 0 Å². The lowest BCUT2D eigenvalue weighted by Crippen LogP contribution is -2.25. The Morgan fingerprint density at radius 2 is 0.512 bits per heavy atom. The predicted octanol–water partition coefficient (Wildman–Crippen LogP) is 17.1. The van der Waals surface area contributed by atoms with Gasteiger partial charge in [-0.05, 0) is 42.0 Å². The molecule has 0 amide bonds. The fourth-order valence-corrected chi connectivity index (χ4v) is 10.4. The minimum absolute atomic E-state index is 0.460. The average molecular weight is 1030 g/mol. The van der Waals surface area contributed by atoms with Crippen molar-refractivity contribution in [2.24, 2.45) is 0 Å². The smallest absolute Gasteiger partial charge is 0.166 e. The normalized spacial score (nSPS) is 11.7. The van der Waals surface area contributed by atoms with E-state index in [2.05, 4.69) is 125 Å². The molecule has 0 spiro atoms. The minimum atomic E-state index is 0.460. The van der Waals surface area contributed by atoms with Crippen LogP contribution in [0.3, 0.4) is 0 Å². The van der Waals surface area contributed by atoms with E-state index in [4.69, 9.17) is 39.9 Å². The number of anilines is 6. The number of rotatable bonds is 11. The maximum atomic E-state index is 5.53. The number of hydrogen-bond donors (Lipinski definition) is 0. The Labute approximate surface area is 462 Å². The summed E-state index contributed by atoms with van der Waals surface area (Å²) in [4.78, 5) is 47.2. The molecule has 0 radical (unpaired) electrons. The summed E-state index contributed by atoms with van der Waals surface area (Å²) in [7, 11) is 0. The molecule has 80 heavy (non-hydrogen) atoms. The molecule has 10 aromatic carbocycles. The van der Waals surface area contributed by atoms with E-state index < -0.39 is 0 Å².